The summed E-state index contributed by atoms with van der Waals surface area (Å²) in [5.41, 5.74) is 0.613. The molecular weight excluding hydrogens is 358 g/mol. The van der Waals surface area contributed by atoms with Crippen LogP contribution in [-0.4, -0.2) is 55.0 Å². The van der Waals surface area contributed by atoms with E-state index in [4.69, 9.17) is 4.74 Å². The van der Waals surface area contributed by atoms with Crippen LogP contribution in [0.15, 0.2) is 41.4 Å². The minimum Gasteiger partial charge on any atom is -0.507 e. The van der Waals surface area contributed by atoms with Crippen LogP contribution in [0.2, 0.25) is 0 Å². The molecule has 0 radical (unpaired) electrons. The van der Waals surface area contributed by atoms with Gasteiger partial charge < -0.3 is 15.2 Å². The van der Waals surface area contributed by atoms with Crippen LogP contribution in [0.25, 0.3) is 0 Å². The van der Waals surface area contributed by atoms with Crippen molar-refractivity contribution in [2.24, 2.45) is 0 Å². The predicted molar refractivity (Wildman–Crippen MR) is 94.6 cm³/mol. The van der Waals surface area contributed by atoms with Gasteiger partial charge in [-0.2, -0.15) is 4.31 Å². The number of nitrogens with one attached hydrogen (secondary N) is 1. The number of nitrogens with zero attached hydrogens (tertiary/aromatic N) is 2. The first-order valence-corrected chi connectivity index (χ1v) is 9.47. The molecule has 1 amide bonds. The van der Waals surface area contributed by atoms with Crippen LogP contribution >= 0.6 is 0 Å². The van der Waals surface area contributed by atoms with E-state index in [0.29, 0.717) is 19.0 Å². The molecule has 0 spiro atoms. The smallest absolute Gasteiger partial charge is 0.260 e. The number of hydrogen-bond acceptors (Lipinski definition) is 6. The van der Waals surface area contributed by atoms with Gasteiger partial charge in [0, 0.05) is 19.3 Å². The molecular formula is C17H19N3O5S. The molecule has 0 bridgehead atoms. The van der Waals surface area contributed by atoms with Gasteiger partial charge in [-0.3, -0.25) is 4.79 Å². The Balaban J connectivity index is 1.90. The number of benzene rings is 1. The van der Waals surface area contributed by atoms with Crippen molar-refractivity contribution in [2.45, 2.75) is 11.8 Å². The fourth-order valence-electron chi connectivity index (χ4n) is 2.58. The number of morpholine rings is 1. The van der Waals surface area contributed by atoms with E-state index >= 15 is 0 Å². The quantitative estimate of drug-likeness (QED) is 0.833. The number of aromatic hydroxyl groups is 1. The van der Waals surface area contributed by atoms with E-state index in [2.05, 4.69) is 10.3 Å². The van der Waals surface area contributed by atoms with Crippen LogP contribution in [0.5, 0.6) is 5.75 Å². The summed E-state index contributed by atoms with van der Waals surface area (Å²) in [5, 5.41) is 12.6. The Morgan fingerprint density at radius 3 is 2.69 bits per heavy atom. The third-order valence-electron chi connectivity index (χ3n) is 4.06. The second-order valence-corrected chi connectivity index (χ2v) is 7.76. The number of carbonyl (C=O) groups is 1. The minimum atomic E-state index is -3.77. The number of anilines is 1. The zero-order valence-electron chi connectivity index (χ0n) is 14.2. The molecule has 1 fully saturated rings. The highest BCUT2D eigenvalue weighted by Crippen LogP contribution is 2.25. The van der Waals surface area contributed by atoms with E-state index in [9.17, 15) is 18.3 Å². The molecule has 2 aromatic rings. The number of ether oxygens (including phenoxy) is 1. The molecule has 0 unspecified atom stereocenters. The molecule has 8 nitrogen and oxygen atoms in total. The topological polar surface area (TPSA) is 109 Å². The van der Waals surface area contributed by atoms with Gasteiger partial charge in [-0.15, -0.1) is 0 Å². The molecule has 1 saturated heterocycles. The Bertz CT molecular complexity index is 924. The van der Waals surface area contributed by atoms with Crippen LogP contribution in [0, 0.1) is 6.92 Å². The van der Waals surface area contributed by atoms with E-state index in [1.54, 1.807) is 19.1 Å². The highest BCUT2D eigenvalue weighted by atomic mass is 32.2. The van der Waals surface area contributed by atoms with Gasteiger partial charge in [0.25, 0.3) is 5.91 Å². The molecule has 1 aromatic heterocycles. The number of aryl methyl sites for hydroxylation is 1. The van der Waals surface area contributed by atoms with Gasteiger partial charge in [0.2, 0.25) is 10.0 Å². The molecule has 2 N–H and O–H groups in total. The van der Waals surface area contributed by atoms with E-state index in [1.807, 2.05) is 0 Å². The Morgan fingerprint density at radius 2 is 2.00 bits per heavy atom. The zero-order chi connectivity index (χ0) is 18.7. The maximum Gasteiger partial charge on any atom is 0.260 e. The summed E-state index contributed by atoms with van der Waals surface area (Å²) in [4.78, 5) is 16.5. The Labute approximate surface area is 151 Å². The average Bonchev–Trinajstić information content (AvgIpc) is 2.64. The summed E-state index contributed by atoms with van der Waals surface area (Å²) in [5.74, 6) is -0.598. The number of phenols is 1. The minimum absolute atomic E-state index is 0.0555. The summed E-state index contributed by atoms with van der Waals surface area (Å²) in [6.07, 6.45) is 1.53. The van der Waals surface area contributed by atoms with E-state index in [0.717, 1.165) is 5.56 Å². The number of sulfonamides is 1. The molecule has 1 aliphatic rings. The van der Waals surface area contributed by atoms with Crippen molar-refractivity contribution in [2.75, 3.05) is 31.6 Å². The standard InChI is InChI=1S/C17H19N3O5S/c1-12-3-2-6-18-16(12)19-17(22)14-11-13(4-5-15(14)21)26(23,24)20-7-9-25-10-8-20/h2-6,11,21H,7-10H2,1H3,(H,18,19,22). The lowest BCUT2D eigenvalue weighted by Crippen LogP contribution is -2.40. The van der Waals surface area contributed by atoms with Crippen molar-refractivity contribution in [1.29, 1.82) is 0 Å². The molecule has 3 rings (SSSR count). The van der Waals surface area contributed by atoms with Crippen LogP contribution in [0.1, 0.15) is 15.9 Å². The molecule has 0 aliphatic carbocycles. The fraction of sp³-hybridized carbons (Fsp3) is 0.294. The lowest BCUT2D eigenvalue weighted by Gasteiger charge is -2.26. The summed E-state index contributed by atoms with van der Waals surface area (Å²) < 4.78 is 31.9. The first-order chi connectivity index (χ1) is 12.4. The van der Waals surface area contributed by atoms with Gasteiger partial charge in [-0.25, -0.2) is 13.4 Å². The molecule has 26 heavy (non-hydrogen) atoms. The van der Waals surface area contributed by atoms with Gasteiger partial charge in [0.15, 0.2) is 0 Å². The normalized spacial score (nSPS) is 15.6. The van der Waals surface area contributed by atoms with Gasteiger partial charge >= 0.3 is 0 Å². The third-order valence-corrected chi connectivity index (χ3v) is 5.96. The molecule has 1 aliphatic heterocycles. The zero-order valence-corrected chi connectivity index (χ0v) is 15.0. The lowest BCUT2D eigenvalue weighted by molar-refractivity contribution is 0.0730. The van der Waals surface area contributed by atoms with Gasteiger partial charge in [0.1, 0.15) is 11.6 Å². The first-order valence-electron chi connectivity index (χ1n) is 8.03. The number of carbonyl (C=O) groups excluding carboxylic acids is 1. The van der Waals surface area contributed by atoms with Crippen molar-refractivity contribution >= 4 is 21.7 Å². The van der Waals surface area contributed by atoms with Crippen molar-refractivity contribution in [3.8, 4) is 5.75 Å². The lowest BCUT2D eigenvalue weighted by atomic mass is 10.2. The number of rotatable bonds is 4. The second-order valence-electron chi connectivity index (χ2n) is 5.82. The number of hydrogen-bond donors (Lipinski definition) is 2. The van der Waals surface area contributed by atoms with Crippen molar-refractivity contribution in [3.63, 3.8) is 0 Å². The SMILES string of the molecule is Cc1cccnc1NC(=O)c1cc(S(=O)(=O)N2CCOCC2)ccc1O. The summed E-state index contributed by atoms with van der Waals surface area (Å²) >= 11 is 0. The number of amides is 1. The fourth-order valence-corrected chi connectivity index (χ4v) is 4.02. The van der Waals surface area contributed by atoms with Crippen LogP contribution in [0.3, 0.4) is 0 Å². The monoisotopic (exact) mass is 377 g/mol. The Morgan fingerprint density at radius 1 is 1.27 bits per heavy atom. The number of aromatic nitrogens is 1. The van der Waals surface area contributed by atoms with Crippen LogP contribution in [0.4, 0.5) is 5.82 Å². The van der Waals surface area contributed by atoms with Crippen molar-refractivity contribution in [1.82, 2.24) is 9.29 Å². The van der Waals surface area contributed by atoms with E-state index < -0.39 is 15.9 Å². The second kappa shape index (κ2) is 7.40. The molecule has 0 atom stereocenters. The van der Waals surface area contributed by atoms with Crippen molar-refractivity contribution < 1.29 is 23.1 Å². The van der Waals surface area contributed by atoms with Gasteiger partial charge in [0.05, 0.1) is 23.7 Å². The van der Waals surface area contributed by atoms with Crippen LogP contribution in [-0.2, 0) is 14.8 Å². The van der Waals surface area contributed by atoms with E-state index in [-0.39, 0.29) is 29.3 Å². The van der Waals surface area contributed by atoms with E-state index in [1.165, 1.54) is 28.7 Å². The molecule has 0 saturated carbocycles. The van der Waals surface area contributed by atoms with Gasteiger partial charge in [-0.05, 0) is 36.8 Å². The summed E-state index contributed by atoms with van der Waals surface area (Å²) in [6.45, 7) is 2.92. The molecule has 138 valence electrons. The highest BCUT2D eigenvalue weighted by Gasteiger charge is 2.28. The molecule has 2 heterocycles. The summed E-state index contributed by atoms with van der Waals surface area (Å²) in [6, 6.07) is 7.17. The maximum absolute atomic E-state index is 12.7. The van der Waals surface area contributed by atoms with Gasteiger partial charge in [-0.1, -0.05) is 6.07 Å². The first kappa shape index (κ1) is 18.3. The predicted octanol–water partition coefficient (Wildman–Crippen LogP) is 1.37. The number of pyridine rings is 1. The van der Waals surface area contributed by atoms with Crippen molar-refractivity contribution in [3.05, 3.63) is 47.7 Å². The molecule has 9 heteroatoms. The Kier molecular flexibility index (Phi) is 5.21. The van der Waals surface area contributed by atoms with Crippen LogP contribution < -0.4 is 5.32 Å². The summed E-state index contributed by atoms with van der Waals surface area (Å²) in [7, 11) is -3.77. The largest absolute Gasteiger partial charge is 0.507 e. The average molecular weight is 377 g/mol. The maximum atomic E-state index is 12.7. The molecule has 1 aromatic carbocycles. The third kappa shape index (κ3) is 3.69. The number of phenolic OH excluding ortho intramolecular Hbond substituents is 1. The Hall–Kier alpha value is -2.49. The highest BCUT2D eigenvalue weighted by molar-refractivity contribution is 7.89.